The van der Waals surface area contributed by atoms with E-state index in [9.17, 15) is 0 Å². The Labute approximate surface area is 87.2 Å². The van der Waals surface area contributed by atoms with E-state index in [4.69, 9.17) is 6.42 Å². The van der Waals surface area contributed by atoms with Gasteiger partial charge in [0.05, 0.1) is 0 Å². The Hall–Kier alpha value is 0.220. The number of hydrogen-bond acceptors (Lipinski definition) is 1. The van der Waals surface area contributed by atoms with Crippen molar-refractivity contribution in [3.8, 4) is 12.3 Å². The lowest BCUT2D eigenvalue weighted by Crippen LogP contribution is -2.29. The van der Waals surface area contributed by atoms with Crippen LogP contribution in [0.2, 0.25) is 0 Å². The maximum absolute atomic E-state index is 5.31. The standard InChI is InChI=1S/C10H23NS2/c1-8-9-10-11(12(2,3)4)13(5,6)7/h1H,9-10H2,2-7H3. The summed E-state index contributed by atoms with van der Waals surface area (Å²) in [5.41, 5.74) is 0. The molecule has 0 aliphatic carbocycles. The molecule has 80 valence electrons. The zero-order valence-corrected chi connectivity index (χ0v) is 11.4. The molecule has 0 heterocycles. The Morgan fingerprint density at radius 1 is 1.00 bits per heavy atom. The molecule has 0 aromatic rings. The molecular weight excluding hydrogens is 198 g/mol. The molecule has 0 amide bonds. The van der Waals surface area contributed by atoms with E-state index < -0.39 is 20.4 Å². The van der Waals surface area contributed by atoms with Crippen LogP contribution in [0, 0.1) is 12.3 Å². The van der Waals surface area contributed by atoms with E-state index in [-0.39, 0.29) is 0 Å². The van der Waals surface area contributed by atoms with Gasteiger partial charge in [-0.2, -0.15) is 20.4 Å². The van der Waals surface area contributed by atoms with Gasteiger partial charge in [0.15, 0.2) is 0 Å². The highest BCUT2D eigenvalue weighted by Gasteiger charge is 2.24. The molecule has 0 saturated heterocycles. The fraction of sp³-hybridized carbons (Fsp3) is 0.800. The summed E-state index contributed by atoms with van der Waals surface area (Å²) in [6.07, 6.45) is 20.2. The summed E-state index contributed by atoms with van der Waals surface area (Å²) >= 11 is 0. The summed E-state index contributed by atoms with van der Waals surface area (Å²) in [6, 6.07) is 0. The van der Waals surface area contributed by atoms with Crippen molar-refractivity contribution >= 4 is 20.4 Å². The minimum absolute atomic E-state index is 0.620. The molecule has 3 heteroatoms. The SMILES string of the molecule is C#CCCN(S(C)(C)C)S(C)(C)C. The molecular formula is C10H23NS2. The van der Waals surface area contributed by atoms with Crippen LogP contribution >= 0.6 is 20.4 Å². The van der Waals surface area contributed by atoms with Gasteiger partial charge in [0.25, 0.3) is 0 Å². The first-order chi connectivity index (χ1) is 5.69. The Morgan fingerprint density at radius 3 is 1.62 bits per heavy atom. The first-order valence-corrected chi connectivity index (χ1v) is 9.90. The Morgan fingerprint density at radius 2 is 1.38 bits per heavy atom. The third kappa shape index (κ3) is 4.85. The lowest BCUT2D eigenvalue weighted by Gasteiger charge is -2.51. The van der Waals surface area contributed by atoms with Crippen molar-refractivity contribution in [3.63, 3.8) is 0 Å². The average Bonchev–Trinajstić information content (AvgIpc) is 1.81. The van der Waals surface area contributed by atoms with Crippen molar-refractivity contribution in [2.24, 2.45) is 0 Å². The van der Waals surface area contributed by atoms with E-state index in [0.29, 0.717) is 0 Å². The lowest BCUT2D eigenvalue weighted by atomic mass is 10.5. The molecule has 0 fully saturated rings. The van der Waals surface area contributed by atoms with Gasteiger partial charge < -0.3 is 0 Å². The van der Waals surface area contributed by atoms with Crippen molar-refractivity contribution in [1.82, 2.24) is 3.71 Å². The van der Waals surface area contributed by atoms with Crippen LogP contribution in [0.5, 0.6) is 0 Å². The molecule has 0 rings (SSSR count). The van der Waals surface area contributed by atoms with Crippen molar-refractivity contribution in [1.29, 1.82) is 0 Å². The molecule has 13 heavy (non-hydrogen) atoms. The molecule has 0 aliphatic heterocycles. The fourth-order valence-corrected chi connectivity index (χ4v) is 8.02. The third-order valence-electron chi connectivity index (χ3n) is 1.66. The number of hydrogen-bond donors (Lipinski definition) is 0. The quantitative estimate of drug-likeness (QED) is 0.660. The highest BCUT2D eigenvalue weighted by Crippen LogP contribution is 2.56. The van der Waals surface area contributed by atoms with E-state index >= 15 is 0 Å². The van der Waals surface area contributed by atoms with Crippen LogP contribution in [0.25, 0.3) is 0 Å². The van der Waals surface area contributed by atoms with Crippen LogP contribution in [0.3, 0.4) is 0 Å². The lowest BCUT2D eigenvalue weighted by molar-refractivity contribution is 0.724. The molecule has 0 saturated carbocycles. The molecule has 0 N–H and O–H groups in total. The van der Waals surface area contributed by atoms with E-state index in [0.717, 1.165) is 13.0 Å². The van der Waals surface area contributed by atoms with E-state index in [1.807, 2.05) is 0 Å². The molecule has 0 aromatic heterocycles. The first-order valence-electron chi connectivity index (χ1n) is 4.27. The highest BCUT2D eigenvalue weighted by atomic mass is 32.3. The van der Waals surface area contributed by atoms with Gasteiger partial charge in [-0.05, 0) is 37.5 Å². The van der Waals surface area contributed by atoms with Gasteiger partial charge in [-0.15, -0.1) is 12.3 Å². The maximum atomic E-state index is 5.31. The maximum Gasteiger partial charge on any atom is 0.0278 e. The van der Waals surface area contributed by atoms with Crippen LogP contribution in [-0.2, 0) is 0 Å². The van der Waals surface area contributed by atoms with Crippen LogP contribution in [0.15, 0.2) is 0 Å². The van der Waals surface area contributed by atoms with Crippen molar-refractivity contribution in [2.45, 2.75) is 6.42 Å². The van der Waals surface area contributed by atoms with Gasteiger partial charge in [-0.25, -0.2) is 3.71 Å². The Kier molecular flexibility index (Phi) is 4.71. The number of terminal acetylenes is 1. The Balaban J connectivity index is 4.50. The third-order valence-corrected chi connectivity index (χ3v) is 7.15. The van der Waals surface area contributed by atoms with Crippen LogP contribution in [0.1, 0.15) is 6.42 Å². The zero-order valence-electron chi connectivity index (χ0n) is 9.76. The van der Waals surface area contributed by atoms with E-state index in [1.54, 1.807) is 0 Å². The largest absolute Gasteiger partial charge is 0.231 e. The van der Waals surface area contributed by atoms with Crippen molar-refractivity contribution < 1.29 is 0 Å². The van der Waals surface area contributed by atoms with Gasteiger partial charge in [0.2, 0.25) is 0 Å². The van der Waals surface area contributed by atoms with Crippen molar-refractivity contribution in [3.05, 3.63) is 0 Å². The molecule has 0 unspecified atom stereocenters. The second kappa shape index (κ2) is 4.63. The van der Waals surface area contributed by atoms with Crippen LogP contribution in [0.4, 0.5) is 0 Å². The summed E-state index contributed by atoms with van der Waals surface area (Å²) in [6.45, 7) is 1.05. The fourth-order valence-electron chi connectivity index (χ4n) is 1.37. The summed E-state index contributed by atoms with van der Waals surface area (Å²) in [5.74, 6) is 2.73. The second-order valence-corrected chi connectivity index (χ2v) is 12.8. The minimum Gasteiger partial charge on any atom is -0.231 e. The molecule has 0 radical (unpaired) electrons. The molecule has 0 bridgehead atoms. The Bertz CT molecular complexity index is 178. The van der Waals surface area contributed by atoms with Gasteiger partial charge in [-0.3, -0.25) is 0 Å². The normalized spacial score (nSPS) is 15.5. The minimum atomic E-state index is -0.620. The summed E-state index contributed by atoms with van der Waals surface area (Å²) in [7, 11) is -1.24. The van der Waals surface area contributed by atoms with Crippen molar-refractivity contribution in [2.75, 3.05) is 44.1 Å². The zero-order chi connectivity index (χ0) is 10.7. The van der Waals surface area contributed by atoms with E-state index in [2.05, 4.69) is 47.2 Å². The highest BCUT2D eigenvalue weighted by molar-refractivity contribution is 8.43. The van der Waals surface area contributed by atoms with Crippen LogP contribution in [-0.4, -0.2) is 47.8 Å². The summed E-state index contributed by atoms with van der Waals surface area (Å²) < 4.78 is 2.61. The number of nitrogens with zero attached hydrogens (tertiary/aromatic N) is 1. The summed E-state index contributed by atoms with van der Waals surface area (Å²) in [4.78, 5) is 0. The molecule has 0 spiro atoms. The van der Waals surface area contributed by atoms with Gasteiger partial charge in [-0.1, -0.05) is 0 Å². The van der Waals surface area contributed by atoms with Gasteiger partial charge >= 0.3 is 0 Å². The number of rotatable bonds is 4. The first kappa shape index (κ1) is 13.2. The predicted molar refractivity (Wildman–Crippen MR) is 70.9 cm³/mol. The van der Waals surface area contributed by atoms with Crippen LogP contribution < -0.4 is 0 Å². The second-order valence-electron chi connectivity index (χ2n) is 4.56. The monoisotopic (exact) mass is 221 g/mol. The average molecular weight is 221 g/mol. The molecule has 0 aromatic carbocycles. The van der Waals surface area contributed by atoms with Gasteiger partial charge in [0, 0.05) is 13.0 Å². The summed E-state index contributed by atoms with van der Waals surface area (Å²) in [5, 5.41) is 0. The predicted octanol–water partition coefficient (Wildman–Crippen LogP) is 2.53. The molecule has 0 aliphatic rings. The smallest absolute Gasteiger partial charge is 0.0278 e. The van der Waals surface area contributed by atoms with E-state index in [1.165, 1.54) is 0 Å². The molecule has 1 nitrogen and oxygen atoms in total. The topological polar surface area (TPSA) is 3.24 Å². The van der Waals surface area contributed by atoms with Gasteiger partial charge in [0.1, 0.15) is 0 Å². The molecule has 0 atom stereocenters.